The average molecular weight is 251 g/mol. The third-order valence-electron chi connectivity index (χ3n) is 3.70. The van der Waals surface area contributed by atoms with E-state index in [-0.39, 0.29) is 0 Å². The maximum Gasteiger partial charge on any atom is 0.0564 e. The van der Waals surface area contributed by atoms with Crippen molar-refractivity contribution in [2.24, 2.45) is 5.92 Å². The Labute approximate surface area is 106 Å². The third kappa shape index (κ3) is 2.78. The van der Waals surface area contributed by atoms with Crippen molar-refractivity contribution in [1.29, 1.82) is 0 Å². The van der Waals surface area contributed by atoms with Gasteiger partial charge in [0.25, 0.3) is 0 Å². The highest BCUT2D eigenvalue weighted by Crippen LogP contribution is 2.32. The second-order valence-corrected chi connectivity index (χ2v) is 6.42. The number of hydrogen-bond donors (Lipinski definition) is 1. The minimum atomic E-state index is -0.853. The molecule has 4 unspecified atom stereocenters. The minimum Gasteiger partial charge on any atom is -0.314 e. The summed E-state index contributed by atoms with van der Waals surface area (Å²) in [6.45, 7) is 5.36. The number of hydrogen-bond acceptors (Lipinski definition) is 2. The van der Waals surface area contributed by atoms with Crippen molar-refractivity contribution in [3.8, 4) is 0 Å². The van der Waals surface area contributed by atoms with Crippen molar-refractivity contribution < 1.29 is 4.21 Å². The van der Waals surface area contributed by atoms with Gasteiger partial charge in [-0.05, 0) is 37.4 Å². The van der Waals surface area contributed by atoms with E-state index >= 15 is 0 Å². The Morgan fingerprint density at radius 2 is 2.00 bits per heavy atom. The fourth-order valence-corrected chi connectivity index (χ4v) is 4.41. The molecule has 0 heterocycles. The first-order valence-electron chi connectivity index (χ1n) is 6.43. The van der Waals surface area contributed by atoms with E-state index in [9.17, 15) is 4.21 Å². The maximum atomic E-state index is 12.5. The molecule has 4 atom stereocenters. The van der Waals surface area contributed by atoms with Crippen LogP contribution in [0.1, 0.15) is 26.7 Å². The summed E-state index contributed by atoms with van der Waals surface area (Å²) in [5.41, 5.74) is 0. The molecular weight excluding hydrogens is 230 g/mol. The van der Waals surface area contributed by atoms with Crippen molar-refractivity contribution in [2.75, 3.05) is 6.54 Å². The summed E-state index contributed by atoms with van der Waals surface area (Å²) in [5.74, 6) is 0.496. The van der Waals surface area contributed by atoms with Crippen LogP contribution >= 0.6 is 0 Å². The van der Waals surface area contributed by atoms with Crippen LogP contribution in [0.4, 0.5) is 0 Å². The van der Waals surface area contributed by atoms with E-state index in [1.54, 1.807) is 0 Å². The Morgan fingerprint density at radius 1 is 1.29 bits per heavy atom. The van der Waals surface area contributed by atoms with Gasteiger partial charge >= 0.3 is 0 Å². The lowest BCUT2D eigenvalue weighted by Gasteiger charge is -2.20. The third-order valence-corrected chi connectivity index (χ3v) is 5.65. The summed E-state index contributed by atoms with van der Waals surface area (Å²) in [5, 5.41) is 3.80. The van der Waals surface area contributed by atoms with Crippen molar-refractivity contribution >= 4 is 10.8 Å². The fourth-order valence-electron chi connectivity index (χ4n) is 2.71. The van der Waals surface area contributed by atoms with E-state index in [1.807, 2.05) is 30.3 Å². The van der Waals surface area contributed by atoms with Crippen LogP contribution in [0.25, 0.3) is 0 Å². The Balaban J connectivity index is 2.07. The van der Waals surface area contributed by atoms with Gasteiger partial charge in [0.2, 0.25) is 0 Å². The van der Waals surface area contributed by atoms with Crippen LogP contribution in [0.5, 0.6) is 0 Å². The Morgan fingerprint density at radius 3 is 2.65 bits per heavy atom. The molecule has 0 aromatic heterocycles. The van der Waals surface area contributed by atoms with Gasteiger partial charge in [-0.1, -0.05) is 32.0 Å². The zero-order chi connectivity index (χ0) is 12.3. The van der Waals surface area contributed by atoms with E-state index in [0.717, 1.165) is 24.3 Å². The molecule has 2 rings (SSSR count). The maximum absolute atomic E-state index is 12.5. The van der Waals surface area contributed by atoms with E-state index in [4.69, 9.17) is 0 Å². The molecule has 0 saturated heterocycles. The van der Waals surface area contributed by atoms with Gasteiger partial charge in [-0.2, -0.15) is 0 Å². The highest BCUT2D eigenvalue weighted by molar-refractivity contribution is 7.85. The molecule has 1 fully saturated rings. The smallest absolute Gasteiger partial charge is 0.0564 e. The highest BCUT2D eigenvalue weighted by atomic mass is 32.2. The van der Waals surface area contributed by atoms with Gasteiger partial charge in [-0.3, -0.25) is 4.21 Å². The van der Waals surface area contributed by atoms with Gasteiger partial charge in [0.05, 0.1) is 10.8 Å². The summed E-state index contributed by atoms with van der Waals surface area (Å²) in [7, 11) is -0.853. The Bertz CT molecular complexity index is 379. The zero-order valence-electron chi connectivity index (χ0n) is 10.6. The van der Waals surface area contributed by atoms with Gasteiger partial charge in [0, 0.05) is 16.2 Å². The van der Waals surface area contributed by atoms with E-state index in [2.05, 4.69) is 19.2 Å². The van der Waals surface area contributed by atoms with Crippen LogP contribution in [0.2, 0.25) is 0 Å². The topological polar surface area (TPSA) is 29.1 Å². The molecule has 1 aromatic rings. The molecule has 94 valence electrons. The normalized spacial score (nSPS) is 30.4. The van der Waals surface area contributed by atoms with Gasteiger partial charge in [0.15, 0.2) is 0 Å². The predicted octanol–water partition coefficient (Wildman–Crippen LogP) is 2.57. The van der Waals surface area contributed by atoms with Gasteiger partial charge in [-0.15, -0.1) is 0 Å². The molecule has 2 nitrogen and oxygen atoms in total. The number of benzene rings is 1. The molecular formula is C14H21NOS. The molecule has 1 aliphatic rings. The number of nitrogens with one attached hydrogen (secondary N) is 1. The molecule has 3 heteroatoms. The first-order chi connectivity index (χ1) is 8.24. The molecule has 0 radical (unpaired) electrons. The standard InChI is InChI=1S/C14H21NOS/c1-3-15-13-9-10-14(11(13)2)17(16)12-7-5-4-6-8-12/h4-8,11,13-15H,3,9-10H2,1-2H3. The molecule has 1 N–H and O–H groups in total. The second kappa shape index (κ2) is 5.78. The zero-order valence-corrected chi connectivity index (χ0v) is 11.4. The molecule has 1 aromatic carbocycles. The van der Waals surface area contributed by atoms with Crippen molar-refractivity contribution in [2.45, 2.75) is 42.9 Å². The first kappa shape index (κ1) is 12.8. The van der Waals surface area contributed by atoms with E-state index in [0.29, 0.717) is 17.2 Å². The van der Waals surface area contributed by atoms with E-state index in [1.165, 1.54) is 0 Å². The fraction of sp³-hybridized carbons (Fsp3) is 0.571. The lowest BCUT2D eigenvalue weighted by Crippen LogP contribution is -2.34. The quantitative estimate of drug-likeness (QED) is 0.891. The van der Waals surface area contributed by atoms with Crippen molar-refractivity contribution in [3.05, 3.63) is 30.3 Å². The van der Waals surface area contributed by atoms with Gasteiger partial charge in [0.1, 0.15) is 0 Å². The summed E-state index contributed by atoms with van der Waals surface area (Å²) in [4.78, 5) is 0.974. The molecule has 17 heavy (non-hydrogen) atoms. The van der Waals surface area contributed by atoms with Gasteiger partial charge < -0.3 is 5.32 Å². The van der Waals surface area contributed by atoms with E-state index < -0.39 is 10.8 Å². The van der Waals surface area contributed by atoms with Gasteiger partial charge in [-0.25, -0.2) is 0 Å². The molecule has 0 spiro atoms. The van der Waals surface area contributed by atoms with Crippen LogP contribution in [0, 0.1) is 5.92 Å². The summed E-state index contributed by atoms with van der Waals surface area (Å²) >= 11 is 0. The second-order valence-electron chi connectivity index (χ2n) is 4.75. The largest absolute Gasteiger partial charge is 0.314 e. The van der Waals surface area contributed by atoms with Crippen molar-refractivity contribution in [1.82, 2.24) is 5.32 Å². The molecule has 0 amide bonds. The Kier molecular flexibility index (Phi) is 4.35. The van der Waals surface area contributed by atoms with Crippen LogP contribution in [0.15, 0.2) is 35.2 Å². The lowest BCUT2D eigenvalue weighted by atomic mass is 10.1. The monoisotopic (exact) mass is 251 g/mol. The highest BCUT2D eigenvalue weighted by Gasteiger charge is 2.36. The van der Waals surface area contributed by atoms with Crippen molar-refractivity contribution in [3.63, 3.8) is 0 Å². The molecule has 0 bridgehead atoms. The average Bonchev–Trinajstić information content (AvgIpc) is 2.72. The summed E-state index contributed by atoms with van der Waals surface area (Å²) in [6.07, 6.45) is 2.22. The van der Waals surface area contributed by atoms with Crippen LogP contribution in [0.3, 0.4) is 0 Å². The molecule has 1 saturated carbocycles. The minimum absolute atomic E-state index is 0.307. The Hall–Kier alpha value is -0.670. The van der Waals surface area contributed by atoms with Crippen LogP contribution in [-0.4, -0.2) is 22.0 Å². The molecule has 1 aliphatic carbocycles. The summed E-state index contributed by atoms with van der Waals surface area (Å²) < 4.78 is 12.5. The SMILES string of the molecule is CCNC1CCC(S(=O)c2ccccc2)C1C. The summed E-state index contributed by atoms with van der Waals surface area (Å²) in [6, 6.07) is 10.4. The van der Waals surface area contributed by atoms with Crippen LogP contribution in [-0.2, 0) is 10.8 Å². The predicted molar refractivity (Wildman–Crippen MR) is 72.5 cm³/mol. The lowest BCUT2D eigenvalue weighted by molar-refractivity contribution is 0.438. The first-order valence-corrected chi connectivity index (χ1v) is 7.64. The van der Waals surface area contributed by atoms with Crippen LogP contribution < -0.4 is 5.32 Å². The number of rotatable bonds is 4. The molecule has 0 aliphatic heterocycles.